The fourth-order valence-electron chi connectivity index (χ4n) is 1.69. The number of rotatable bonds is 5. The van der Waals surface area contributed by atoms with E-state index in [4.69, 9.17) is 4.74 Å². The number of nitrogens with one attached hydrogen (secondary N) is 1. The summed E-state index contributed by atoms with van der Waals surface area (Å²) in [5.74, 6) is 0.800. The van der Waals surface area contributed by atoms with E-state index in [1.165, 1.54) is 0 Å². The lowest BCUT2D eigenvalue weighted by molar-refractivity contribution is -0.120. The first-order valence-electron chi connectivity index (χ1n) is 6.06. The summed E-state index contributed by atoms with van der Waals surface area (Å²) in [6, 6.07) is 11.3. The quantitative estimate of drug-likeness (QED) is 0.889. The Labute approximate surface area is 112 Å². The van der Waals surface area contributed by atoms with Crippen LogP contribution in [-0.2, 0) is 17.8 Å². The molecule has 0 aliphatic carbocycles. The van der Waals surface area contributed by atoms with E-state index in [0.29, 0.717) is 13.0 Å². The number of carbonyl (C=O) groups excluding carboxylic acids is 1. The van der Waals surface area contributed by atoms with Crippen LogP contribution in [0.3, 0.4) is 0 Å². The number of carbonyl (C=O) groups is 1. The smallest absolute Gasteiger partial charge is 0.224 e. The predicted octanol–water partition coefficient (Wildman–Crippen LogP) is 1.95. The SMILES string of the molecule is COc1ccc(CNC(=O)Cc2cccnc2)cc1. The summed E-state index contributed by atoms with van der Waals surface area (Å²) in [5, 5.41) is 2.88. The minimum atomic E-state index is -0.0104. The highest BCUT2D eigenvalue weighted by Crippen LogP contribution is 2.10. The van der Waals surface area contributed by atoms with Crippen LogP contribution in [0, 0.1) is 0 Å². The Morgan fingerprint density at radius 1 is 1.21 bits per heavy atom. The molecule has 0 spiro atoms. The number of hydrogen-bond donors (Lipinski definition) is 1. The van der Waals surface area contributed by atoms with Crippen molar-refractivity contribution in [3.63, 3.8) is 0 Å². The third kappa shape index (κ3) is 4.10. The molecule has 0 bridgehead atoms. The number of benzene rings is 1. The molecule has 1 aromatic heterocycles. The molecule has 98 valence electrons. The van der Waals surface area contributed by atoms with Gasteiger partial charge in [-0.3, -0.25) is 9.78 Å². The van der Waals surface area contributed by atoms with E-state index in [0.717, 1.165) is 16.9 Å². The topological polar surface area (TPSA) is 51.2 Å². The number of pyridine rings is 1. The van der Waals surface area contributed by atoms with Gasteiger partial charge in [0.1, 0.15) is 5.75 Å². The number of aromatic nitrogens is 1. The first kappa shape index (κ1) is 13.1. The molecule has 0 fully saturated rings. The second-order valence-corrected chi connectivity index (χ2v) is 4.16. The Morgan fingerprint density at radius 2 is 2.00 bits per heavy atom. The van der Waals surface area contributed by atoms with Gasteiger partial charge in [0.2, 0.25) is 5.91 Å². The van der Waals surface area contributed by atoms with Crippen LogP contribution in [0.4, 0.5) is 0 Å². The van der Waals surface area contributed by atoms with Crippen LogP contribution < -0.4 is 10.1 Å². The van der Waals surface area contributed by atoms with E-state index in [1.54, 1.807) is 19.5 Å². The highest BCUT2D eigenvalue weighted by molar-refractivity contribution is 5.78. The minimum absolute atomic E-state index is 0.0104. The van der Waals surface area contributed by atoms with Gasteiger partial charge in [0.05, 0.1) is 13.5 Å². The van der Waals surface area contributed by atoms with Crippen molar-refractivity contribution in [3.05, 3.63) is 59.9 Å². The Kier molecular flexibility index (Phi) is 4.50. The summed E-state index contributed by atoms with van der Waals surface area (Å²) in [4.78, 5) is 15.7. The number of ether oxygens (including phenoxy) is 1. The second kappa shape index (κ2) is 6.54. The Bertz CT molecular complexity index is 524. The zero-order chi connectivity index (χ0) is 13.5. The molecule has 1 aromatic carbocycles. The van der Waals surface area contributed by atoms with E-state index in [-0.39, 0.29) is 5.91 Å². The van der Waals surface area contributed by atoms with Crippen molar-refractivity contribution >= 4 is 5.91 Å². The normalized spacial score (nSPS) is 9.95. The minimum Gasteiger partial charge on any atom is -0.497 e. The third-order valence-corrected chi connectivity index (χ3v) is 2.74. The molecule has 0 radical (unpaired) electrons. The maximum Gasteiger partial charge on any atom is 0.224 e. The Hall–Kier alpha value is -2.36. The third-order valence-electron chi connectivity index (χ3n) is 2.74. The van der Waals surface area contributed by atoms with Crippen molar-refractivity contribution in [2.75, 3.05) is 7.11 Å². The molecule has 0 aliphatic heterocycles. The van der Waals surface area contributed by atoms with Crippen molar-refractivity contribution in [2.24, 2.45) is 0 Å². The highest BCUT2D eigenvalue weighted by atomic mass is 16.5. The first-order valence-corrected chi connectivity index (χ1v) is 6.06. The van der Waals surface area contributed by atoms with Gasteiger partial charge in [-0.25, -0.2) is 0 Å². The van der Waals surface area contributed by atoms with Gasteiger partial charge in [-0.2, -0.15) is 0 Å². The van der Waals surface area contributed by atoms with E-state index < -0.39 is 0 Å². The number of nitrogens with zero attached hydrogens (tertiary/aromatic N) is 1. The van der Waals surface area contributed by atoms with Crippen molar-refractivity contribution in [1.82, 2.24) is 10.3 Å². The lowest BCUT2D eigenvalue weighted by Gasteiger charge is -2.06. The molecule has 4 heteroatoms. The van der Waals surface area contributed by atoms with Gasteiger partial charge >= 0.3 is 0 Å². The van der Waals surface area contributed by atoms with E-state index >= 15 is 0 Å². The van der Waals surface area contributed by atoms with E-state index in [2.05, 4.69) is 10.3 Å². The molecule has 4 nitrogen and oxygen atoms in total. The van der Waals surface area contributed by atoms with Crippen LogP contribution >= 0.6 is 0 Å². The van der Waals surface area contributed by atoms with Crippen molar-refractivity contribution in [2.45, 2.75) is 13.0 Å². The Balaban J connectivity index is 1.83. The van der Waals surface area contributed by atoms with Crippen LogP contribution in [0.5, 0.6) is 5.75 Å². The van der Waals surface area contributed by atoms with E-state index in [1.807, 2.05) is 36.4 Å². The van der Waals surface area contributed by atoms with Crippen molar-refractivity contribution in [3.8, 4) is 5.75 Å². The van der Waals surface area contributed by atoms with Gasteiger partial charge in [0.15, 0.2) is 0 Å². The summed E-state index contributed by atoms with van der Waals surface area (Å²) < 4.78 is 5.08. The molecule has 0 saturated heterocycles. The largest absolute Gasteiger partial charge is 0.497 e. The highest BCUT2D eigenvalue weighted by Gasteiger charge is 2.03. The number of methoxy groups -OCH3 is 1. The lowest BCUT2D eigenvalue weighted by Crippen LogP contribution is -2.24. The standard InChI is InChI=1S/C15H16N2O2/c1-19-14-6-4-12(5-7-14)11-17-15(18)9-13-3-2-8-16-10-13/h2-8,10H,9,11H2,1H3,(H,17,18). The maximum absolute atomic E-state index is 11.7. The summed E-state index contributed by atoms with van der Waals surface area (Å²) >= 11 is 0. The average Bonchev–Trinajstić information content (AvgIpc) is 2.47. The number of hydrogen-bond acceptors (Lipinski definition) is 3. The number of amides is 1. The summed E-state index contributed by atoms with van der Waals surface area (Å²) in [6.45, 7) is 0.517. The molecule has 0 saturated carbocycles. The van der Waals surface area contributed by atoms with Crippen molar-refractivity contribution < 1.29 is 9.53 Å². The molecule has 2 rings (SSSR count). The molecular weight excluding hydrogens is 240 g/mol. The first-order chi connectivity index (χ1) is 9.28. The van der Waals surface area contributed by atoms with Gasteiger partial charge in [-0.1, -0.05) is 18.2 Å². The molecule has 0 unspecified atom stereocenters. The predicted molar refractivity (Wildman–Crippen MR) is 72.8 cm³/mol. The molecule has 2 aromatic rings. The van der Waals surface area contributed by atoms with Gasteiger partial charge in [-0.05, 0) is 29.3 Å². The van der Waals surface area contributed by atoms with Gasteiger partial charge in [-0.15, -0.1) is 0 Å². The summed E-state index contributed by atoms with van der Waals surface area (Å²) in [6.07, 6.45) is 3.75. The van der Waals surface area contributed by atoms with Gasteiger partial charge in [0, 0.05) is 18.9 Å². The van der Waals surface area contributed by atoms with Crippen molar-refractivity contribution in [1.29, 1.82) is 0 Å². The fraction of sp³-hybridized carbons (Fsp3) is 0.200. The average molecular weight is 256 g/mol. The van der Waals surface area contributed by atoms with Crippen LogP contribution in [0.15, 0.2) is 48.8 Å². The lowest BCUT2D eigenvalue weighted by atomic mass is 10.2. The van der Waals surface area contributed by atoms with Gasteiger partial charge < -0.3 is 10.1 Å². The zero-order valence-corrected chi connectivity index (χ0v) is 10.8. The van der Waals surface area contributed by atoms with Crippen LogP contribution in [-0.4, -0.2) is 18.0 Å². The molecule has 0 aliphatic rings. The van der Waals surface area contributed by atoms with Gasteiger partial charge in [0.25, 0.3) is 0 Å². The zero-order valence-electron chi connectivity index (χ0n) is 10.8. The molecule has 1 heterocycles. The summed E-state index contributed by atoms with van der Waals surface area (Å²) in [7, 11) is 1.63. The monoisotopic (exact) mass is 256 g/mol. The molecule has 0 atom stereocenters. The van der Waals surface area contributed by atoms with Crippen LogP contribution in [0.2, 0.25) is 0 Å². The Morgan fingerprint density at radius 3 is 2.63 bits per heavy atom. The second-order valence-electron chi connectivity index (χ2n) is 4.16. The molecule has 1 amide bonds. The fourth-order valence-corrected chi connectivity index (χ4v) is 1.69. The summed E-state index contributed by atoms with van der Waals surface area (Å²) in [5.41, 5.74) is 1.95. The molecular formula is C15H16N2O2. The maximum atomic E-state index is 11.7. The molecule has 19 heavy (non-hydrogen) atoms. The van der Waals surface area contributed by atoms with E-state index in [9.17, 15) is 4.79 Å². The molecule has 1 N–H and O–H groups in total. The van der Waals surface area contributed by atoms with Crippen LogP contribution in [0.25, 0.3) is 0 Å². The van der Waals surface area contributed by atoms with Crippen LogP contribution in [0.1, 0.15) is 11.1 Å².